The molecular weight excluding hydrogens is 290 g/mol. The number of hydrogen-bond donors (Lipinski definition) is 1. The third-order valence-electron chi connectivity index (χ3n) is 3.21. The average molecular weight is 305 g/mol. The van der Waals surface area contributed by atoms with E-state index in [0.717, 1.165) is 18.5 Å². The molecule has 1 fully saturated rings. The zero-order valence-electron chi connectivity index (χ0n) is 11.8. The van der Waals surface area contributed by atoms with Crippen molar-refractivity contribution in [3.8, 4) is 6.07 Å². The van der Waals surface area contributed by atoms with Crippen LogP contribution in [0.25, 0.3) is 0 Å². The first-order chi connectivity index (χ1) is 9.97. The summed E-state index contributed by atoms with van der Waals surface area (Å²) >= 11 is 1.30. The van der Waals surface area contributed by atoms with E-state index in [1.807, 2.05) is 6.07 Å². The van der Waals surface area contributed by atoms with E-state index in [1.165, 1.54) is 18.7 Å². The molecule has 0 aromatic carbocycles. The number of esters is 1. The largest absolute Gasteiger partial charge is 0.449 e. The van der Waals surface area contributed by atoms with Crippen LogP contribution in [0.2, 0.25) is 0 Å². The second-order valence-corrected chi connectivity index (χ2v) is 5.61. The van der Waals surface area contributed by atoms with Gasteiger partial charge in [0, 0.05) is 11.6 Å². The van der Waals surface area contributed by atoms with Gasteiger partial charge in [-0.25, -0.2) is 9.78 Å². The van der Waals surface area contributed by atoms with Crippen LogP contribution in [0, 0.1) is 11.3 Å². The van der Waals surface area contributed by atoms with Crippen molar-refractivity contribution in [3.05, 3.63) is 22.9 Å². The molecule has 1 aliphatic rings. The first kappa shape index (κ1) is 15.3. The number of carbonyl (C=O) groups is 2. The lowest BCUT2D eigenvalue weighted by Crippen LogP contribution is -2.30. The molecule has 0 bridgehead atoms. The molecule has 2 N–H and O–H groups in total. The minimum Gasteiger partial charge on any atom is -0.449 e. The van der Waals surface area contributed by atoms with E-state index >= 15 is 0 Å². The maximum absolute atomic E-state index is 12.2. The lowest BCUT2D eigenvalue weighted by molar-refractivity contribution is -0.125. The number of pyridine rings is 1. The fourth-order valence-electron chi connectivity index (χ4n) is 1.83. The van der Waals surface area contributed by atoms with Gasteiger partial charge in [-0.05, 0) is 32.1 Å². The third-order valence-corrected chi connectivity index (χ3v) is 3.89. The van der Waals surface area contributed by atoms with E-state index < -0.39 is 18.0 Å². The molecule has 1 aromatic rings. The number of nitrogens with two attached hydrogens (primary N) is 1. The second kappa shape index (κ2) is 6.14. The fraction of sp³-hybridized carbons (Fsp3) is 0.429. The van der Waals surface area contributed by atoms with Crippen LogP contribution in [0.3, 0.4) is 0 Å². The van der Waals surface area contributed by atoms with Crippen molar-refractivity contribution in [1.29, 1.82) is 5.26 Å². The summed E-state index contributed by atoms with van der Waals surface area (Å²) < 4.78 is 4.99. The Morgan fingerprint density at radius 1 is 1.57 bits per heavy atom. The van der Waals surface area contributed by atoms with E-state index in [0.29, 0.717) is 10.9 Å². The molecule has 1 unspecified atom stereocenters. The molecule has 0 saturated heterocycles. The monoisotopic (exact) mass is 305 g/mol. The van der Waals surface area contributed by atoms with Crippen molar-refractivity contribution in [1.82, 2.24) is 4.98 Å². The number of amides is 1. The Hall–Kier alpha value is -2.07. The number of thioether (sulfide) groups is 1. The van der Waals surface area contributed by atoms with E-state index in [1.54, 1.807) is 12.3 Å². The molecule has 1 heterocycles. The van der Waals surface area contributed by atoms with E-state index in [9.17, 15) is 14.9 Å². The van der Waals surface area contributed by atoms with Crippen LogP contribution in [0.5, 0.6) is 0 Å². The van der Waals surface area contributed by atoms with Crippen molar-refractivity contribution in [2.45, 2.75) is 36.8 Å². The number of primary amides is 1. The Morgan fingerprint density at radius 2 is 2.24 bits per heavy atom. The quantitative estimate of drug-likeness (QED) is 0.654. The van der Waals surface area contributed by atoms with Gasteiger partial charge < -0.3 is 10.5 Å². The lowest BCUT2D eigenvalue weighted by atomic mass is 10.1. The molecule has 0 aliphatic heterocycles. The smallest absolute Gasteiger partial charge is 0.340 e. The summed E-state index contributed by atoms with van der Waals surface area (Å²) in [4.78, 5) is 27.6. The molecule has 110 valence electrons. The molecule has 2 rings (SSSR count). The van der Waals surface area contributed by atoms with Crippen molar-refractivity contribution < 1.29 is 14.3 Å². The highest BCUT2D eigenvalue weighted by atomic mass is 32.2. The number of rotatable bonds is 5. The predicted molar refractivity (Wildman–Crippen MR) is 76.8 cm³/mol. The fourth-order valence-corrected chi connectivity index (χ4v) is 2.38. The summed E-state index contributed by atoms with van der Waals surface area (Å²) in [5, 5.41) is 9.77. The van der Waals surface area contributed by atoms with E-state index in [-0.39, 0.29) is 11.1 Å². The van der Waals surface area contributed by atoms with Crippen LogP contribution in [-0.2, 0) is 9.53 Å². The molecule has 1 aromatic heterocycles. The van der Waals surface area contributed by atoms with Gasteiger partial charge >= 0.3 is 5.97 Å². The number of nitriles is 1. The minimum atomic E-state index is -1.04. The van der Waals surface area contributed by atoms with Crippen molar-refractivity contribution in [2.24, 2.45) is 5.73 Å². The maximum atomic E-state index is 12.2. The summed E-state index contributed by atoms with van der Waals surface area (Å²) in [5.74, 6) is -1.12. The number of nitrogens with zero attached hydrogens (tertiary/aromatic N) is 2. The summed E-state index contributed by atoms with van der Waals surface area (Å²) in [6.07, 6.45) is 2.80. The highest BCUT2D eigenvalue weighted by molar-refractivity contribution is 7.98. The van der Waals surface area contributed by atoms with Gasteiger partial charge in [0.15, 0.2) is 6.10 Å². The zero-order valence-corrected chi connectivity index (χ0v) is 12.6. The van der Waals surface area contributed by atoms with Gasteiger partial charge in [0.25, 0.3) is 5.91 Å². The Balaban J connectivity index is 2.40. The average Bonchev–Trinajstić information content (AvgIpc) is 3.29. The van der Waals surface area contributed by atoms with Crippen LogP contribution < -0.4 is 5.73 Å². The normalized spacial score (nSPS) is 15.1. The van der Waals surface area contributed by atoms with Crippen LogP contribution in [-0.4, -0.2) is 29.2 Å². The van der Waals surface area contributed by atoms with Gasteiger partial charge in [-0.2, -0.15) is 5.26 Å². The molecule has 1 saturated carbocycles. The van der Waals surface area contributed by atoms with Crippen LogP contribution in [0.15, 0.2) is 11.1 Å². The van der Waals surface area contributed by atoms with Crippen LogP contribution in [0.4, 0.5) is 0 Å². The number of carbonyl (C=O) groups excluding carboxylic acids is 2. The summed E-state index contributed by atoms with van der Waals surface area (Å²) in [6, 6.07) is 3.57. The topological polar surface area (TPSA) is 106 Å². The van der Waals surface area contributed by atoms with Crippen molar-refractivity contribution in [3.63, 3.8) is 0 Å². The number of aromatic nitrogens is 1. The standard InChI is InChI=1S/C14H15N3O3S/c1-7(12(16)18)20-14(19)9-5-11(8-3-4-8)17-13(21-2)10(9)6-15/h5,7-8H,3-4H2,1-2H3,(H2,16,18). The zero-order chi connectivity index (χ0) is 15.6. The predicted octanol–water partition coefficient (Wildman–Crippen LogP) is 1.58. The highest BCUT2D eigenvalue weighted by Gasteiger charge is 2.29. The first-order valence-corrected chi connectivity index (χ1v) is 7.69. The summed E-state index contributed by atoms with van der Waals surface area (Å²) in [7, 11) is 0. The minimum absolute atomic E-state index is 0.145. The maximum Gasteiger partial charge on any atom is 0.340 e. The number of ether oxygens (including phenoxy) is 1. The summed E-state index contributed by atoms with van der Waals surface area (Å²) in [5.41, 5.74) is 6.19. The van der Waals surface area contributed by atoms with Gasteiger partial charge in [0.2, 0.25) is 0 Å². The Morgan fingerprint density at radius 3 is 2.71 bits per heavy atom. The van der Waals surface area contributed by atoms with Gasteiger partial charge in [0.05, 0.1) is 11.1 Å². The molecule has 1 amide bonds. The summed E-state index contributed by atoms with van der Waals surface area (Å²) in [6.45, 7) is 1.39. The Bertz CT molecular complexity index is 635. The van der Waals surface area contributed by atoms with Crippen molar-refractivity contribution in [2.75, 3.05) is 6.26 Å². The van der Waals surface area contributed by atoms with Crippen LogP contribution >= 0.6 is 11.8 Å². The lowest BCUT2D eigenvalue weighted by Gasteiger charge is -2.13. The van der Waals surface area contributed by atoms with Gasteiger partial charge in [-0.1, -0.05) is 0 Å². The van der Waals surface area contributed by atoms with Crippen LogP contribution in [0.1, 0.15) is 47.3 Å². The number of hydrogen-bond acceptors (Lipinski definition) is 6. The molecule has 21 heavy (non-hydrogen) atoms. The molecule has 6 nitrogen and oxygen atoms in total. The van der Waals surface area contributed by atoms with Crippen molar-refractivity contribution >= 4 is 23.6 Å². The van der Waals surface area contributed by atoms with Gasteiger partial charge in [-0.15, -0.1) is 11.8 Å². The SMILES string of the molecule is CSc1nc(C2CC2)cc(C(=O)OC(C)C(N)=O)c1C#N. The molecular formula is C14H15N3O3S. The first-order valence-electron chi connectivity index (χ1n) is 6.47. The van der Waals surface area contributed by atoms with Gasteiger partial charge in [0.1, 0.15) is 11.1 Å². The van der Waals surface area contributed by atoms with Gasteiger partial charge in [-0.3, -0.25) is 4.79 Å². The highest BCUT2D eigenvalue weighted by Crippen LogP contribution is 2.40. The Labute approximate surface area is 126 Å². The molecule has 7 heteroatoms. The van der Waals surface area contributed by atoms with E-state index in [2.05, 4.69) is 4.98 Å². The molecule has 1 aliphatic carbocycles. The molecule has 0 spiro atoms. The van der Waals surface area contributed by atoms with E-state index in [4.69, 9.17) is 10.5 Å². The molecule has 1 atom stereocenters. The Kier molecular flexibility index (Phi) is 4.48. The molecule has 0 radical (unpaired) electrons. The third kappa shape index (κ3) is 3.34. The second-order valence-electron chi connectivity index (χ2n) is 4.81.